The molecule has 1 aliphatic rings. The molecular weight excluding hydrogens is 238 g/mol. The summed E-state index contributed by atoms with van der Waals surface area (Å²) in [5, 5.41) is 3.18. The highest BCUT2D eigenvalue weighted by Crippen LogP contribution is 2.20. The first kappa shape index (κ1) is 13.9. The fourth-order valence-electron chi connectivity index (χ4n) is 2.55. The molecule has 0 radical (unpaired) electrons. The smallest absolute Gasteiger partial charge is 0.219 e. The molecule has 104 valence electrons. The second-order valence-electron chi connectivity index (χ2n) is 5.13. The van der Waals surface area contributed by atoms with Crippen LogP contribution >= 0.6 is 0 Å². The molecular formula is C15H23N3O. The van der Waals surface area contributed by atoms with E-state index in [1.165, 1.54) is 16.8 Å². The van der Waals surface area contributed by atoms with E-state index in [0.29, 0.717) is 0 Å². The summed E-state index contributed by atoms with van der Waals surface area (Å²) in [5.74, 6) is 0.181. The number of piperazine rings is 1. The summed E-state index contributed by atoms with van der Waals surface area (Å²) in [4.78, 5) is 15.6. The molecule has 1 fully saturated rings. The lowest BCUT2D eigenvalue weighted by Crippen LogP contribution is -2.48. The average molecular weight is 261 g/mol. The minimum Gasteiger partial charge on any atom is -0.368 e. The highest BCUT2D eigenvalue weighted by atomic mass is 16.2. The van der Waals surface area contributed by atoms with E-state index in [0.717, 1.165) is 32.7 Å². The predicted octanol–water partition coefficient (Wildman–Crippen LogP) is 1.38. The Kier molecular flexibility index (Phi) is 4.43. The van der Waals surface area contributed by atoms with Gasteiger partial charge in [0, 0.05) is 45.3 Å². The van der Waals surface area contributed by atoms with Crippen LogP contribution in [0.3, 0.4) is 0 Å². The number of aryl methyl sites for hydroxylation is 1. The van der Waals surface area contributed by atoms with Crippen LogP contribution in [0, 0.1) is 6.92 Å². The van der Waals surface area contributed by atoms with Gasteiger partial charge in [0.2, 0.25) is 5.91 Å². The normalized spacial score (nSPS) is 15.7. The van der Waals surface area contributed by atoms with Crippen LogP contribution in [0.15, 0.2) is 18.2 Å². The van der Waals surface area contributed by atoms with Crippen molar-refractivity contribution < 1.29 is 4.79 Å². The number of anilines is 1. The summed E-state index contributed by atoms with van der Waals surface area (Å²) in [6.07, 6.45) is 0. The summed E-state index contributed by atoms with van der Waals surface area (Å²) < 4.78 is 0. The van der Waals surface area contributed by atoms with Crippen LogP contribution in [0.1, 0.15) is 18.1 Å². The Morgan fingerprint density at radius 2 is 1.95 bits per heavy atom. The van der Waals surface area contributed by atoms with Gasteiger partial charge >= 0.3 is 0 Å². The molecule has 1 aromatic rings. The van der Waals surface area contributed by atoms with E-state index in [2.05, 4.69) is 35.3 Å². The van der Waals surface area contributed by atoms with Gasteiger partial charge in [-0.3, -0.25) is 4.79 Å². The second-order valence-corrected chi connectivity index (χ2v) is 5.13. The maximum atomic E-state index is 11.3. The van der Waals surface area contributed by atoms with Crippen molar-refractivity contribution in [3.63, 3.8) is 0 Å². The van der Waals surface area contributed by atoms with Gasteiger partial charge < -0.3 is 15.1 Å². The minimum absolute atomic E-state index is 0.181. The van der Waals surface area contributed by atoms with Crippen molar-refractivity contribution in [2.24, 2.45) is 0 Å². The fraction of sp³-hybridized carbons (Fsp3) is 0.533. The first-order valence-electron chi connectivity index (χ1n) is 6.86. The van der Waals surface area contributed by atoms with Crippen molar-refractivity contribution in [2.45, 2.75) is 20.4 Å². The van der Waals surface area contributed by atoms with Crippen molar-refractivity contribution in [1.82, 2.24) is 10.2 Å². The maximum Gasteiger partial charge on any atom is 0.219 e. The number of rotatable bonds is 3. The molecule has 4 heteroatoms. The van der Waals surface area contributed by atoms with Crippen molar-refractivity contribution in [1.29, 1.82) is 0 Å². The molecule has 0 unspecified atom stereocenters. The quantitative estimate of drug-likeness (QED) is 0.893. The highest BCUT2D eigenvalue weighted by Gasteiger charge is 2.18. The zero-order chi connectivity index (χ0) is 13.8. The van der Waals surface area contributed by atoms with Crippen LogP contribution < -0.4 is 10.2 Å². The van der Waals surface area contributed by atoms with Gasteiger partial charge in [-0.2, -0.15) is 0 Å². The fourth-order valence-corrected chi connectivity index (χ4v) is 2.55. The van der Waals surface area contributed by atoms with Crippen LogP contribution in [-0.4, -0.2) is 44.0 Å². The molecule has 19 heavy (non-hydrogen) atoms. The van der Waals surface area contributed by atoms with Crippen molar-refractivity contribution in [3.05, 3.63) is 29.3 Å². The van der Waals surface area contributed by atoms with E-state index < -0.39 is 0 Å². The van der Waals surface area contributed by atoms with E-state index >= 15 is 0 Å². The summed E-state index contributed by atoms with van der Waals surface area (Å²) in [7, 11) is 1.97. The maximum absolute atomic E-state index is 11.3. The van der Waals surface area contributed by atoms with Crippen LogP contribution in [0.25, 0.3) is 0 Å². The standard InChI is InChI=1S/C15H23N3O/c1-12-10-15(5-4-14(12)11-16-3)18-8-6-17(7-9-18)13(2)19/h4-5,10,16H,6-9,11H2,1-3H3. The van der Waals surface area contributed by atoms with Gasteiger partial charge in [-0.15, -0.1) is 0 Å². The van der Waals surface area contributed by atoms with Gasteiger partial charge in [0.15, 0.2) is 0 Å². The number of carbonyl (C=O) groups excluding carboxylic acids is 1. The SMILES string of the molecule is CNCc1ccc(N2CCN(C(C)=O)CC2)cc1C. The van der Waals surface area contributed by atoms with Gasteiger partial charge in [-0.25, -0.2) is 0 Å². The van der Waals surface area contributed by atoms with Crippen LogP contribution in [-0.2, 0) is 11.3 Å². The molecule has 1 N–H and O–H groups in total. The monoisotopic (exact) mass is 261 g/mol. The average Bonchev–Trinajstić information content (AvgIpc) is 2.41. The zero-order valence-corrected chi connectivity index (χ0v) is 12.1. The van der Waals surface area contributed by atoms with E-state index in [1.807, 2.05) is 11.9 Å². The van der Waals surface area contributed by atoms with Crippen LogP contribution in [0.5, 0.6) is 0 Å². The van der Waals surface area contributed by atoms with Crippen molar-refractivity contribution in [2.75, 3.05) is 38.1 Å². The third-order valence-corrected chi connectivity index (χ3v) is 3.78. The molecule has 1 amide bonds. The number of hydrogen-bond acceptors (Lipinski definition) is 3. The lowest BCUT2D eigenvalue weighted by atomic mass is 10.1. The van der Waals surface area contributed by atoms with Gasteiger partial charge in [-0.1, -0.05) is 6.07 Å². The molecule has 2 rings (SSSR count). The third kappa shape index (κ3) is 3.26. The molecule has 1 aromatic carbocycles. The largest absolute Gasteiger partial charge is 0.368 e. The molecule has 0 atom stereocenters. The second kappa shape index (κ2) is 6.06. The predicted molar refractivity (Wildman–Crippen MR) is 78.4 cm³/mol. The van der Waals surface area contributed by atoms with E-state index in [4.69, 9.17) is 0 Å². The number of carbonyl (C=O) groups is 1. The number of hydrogen-bond donors (Lipinski definition) is 1. The summed E-state index contributed by atoms with van der Waals surface area (Å²) in [5.41, 5.74) is 3.93. The van der Waals surface area contributed by atoms with E-state index in [9.17, 15) is 4.79 Å². The Morgan fingerprint density at radius 3 is 2.47 bits per heavy atom. The molecule has 1 aliphatic heterocycles. The zero-order valence-electron chi connectivity index (χ0n) is 12.1. The first-order chi connectivity index (χ1) is 9.11. The van der Waals surface area contributed by atoms with Crippen LogP contribution in [0.2, 0.25) is 0 Å². The molecule has 1 heterocycles. The summed E-state index contributed by atoms with van der Waals surface area (Å²) >= 11 is 0. The van der Waals surface area contributed by atoms with Gasteiger partial charge in [-0.05, 0) is 37.2 Å². The lowest BCUT2D eigenvalue weighted by molar-refractivity contribution is -0.129. The highest BCUT2D eigenvalue weighted by molar-refractivity contribution is 5.73. The minimum atomic E-state index is 0.181. The molecule has 4 nitrogen and oxygen atoms in total. The Bertz CT molecular complexity index is 451. The molecule has 0 bridgehead atoms. The lowest BCUT2D eigenvalue weighted by Gasteiger charge is -2.35. The Morgan fingerprint density at radius 1 is 1.26 bits per heavy atom. The Balaban J connectivity index is 2.03. The Labute approximate surface area is 115 Å². The van der Waals surface area contributed by atoms with Crippen LogP contribution in [0.4, 0.5) is 5.69 Å². The Hall–Kier alpha value is -1.55. The van der Waals surface area contributed by atoms with Gasteiger partial charge in [0.1, 0.15) is 0 Å². The third-order valence-electron chi connectivity index (χ3n) is 3.78. The molecule has 1 saturated heterocycles. The molecule has 0 aliphatic carbocycles. The number of benzene rings is 1. The first-order valence-corrected chi connectivity index (χ1v) is 6.86. The summed E-state index contributed by atoms with van der Waals surface area (Å²) in [6, 6.07) is 6.62. The van der Waals surface area contributed by atoms with Gasteiger partial charge in [0.05, 0.1) is 0 Å². The van der Waals surface area contributed by atoms with E-state index in [1.54, 1.807) is 6.92 Å². The summed E-state index contributed by atoms with van der Waals surface area (Å²) in [6.45, 7) is 8.20. The molecule has 0 saturated carbocycles. The molecule has 0 spiro atoms. The number of nitrogens with zero attached hydrogens (tertiary/aromatic N) is 2. The number of amides is 1. The van der Waals surface area contributed by atoms with E-state index in [-0.39, 0.29) is 5.91 Å². The van der Waals surface area contributed by atoms with Crippen molar-refractivity contribution >= 4 is 11.6 Å². The van der Waals surface area contributed by atoms with Crippen molar-refractivity contribution in [3.8, 4) is 0 Å². The van der Waals surface area contributed by atoms with Gasteiger partial charge in [0.25, 0.3) is 0 Å². The topological polar surface area (TPSA) is 35.6 Å². The number of nitrogens with one attached hydrogen (secondary N) is 1. The molecule has 0 aromatic heterocycles.